The lowest BCUT2D eigenvalue weighted by Crippen LogP contribution is -2.41. The lowest BCUT2D eigenvalue weighted by molar-refractivity contribution is 0.123. The van der Waals surface area contributed by atoms with E-state index < -0.39 is 15.1 Å². The van der Waals surface area contributed by atoms with E-state index in [1.54, 1.807) is 6.20 Å². The molecular weight excluding hydrogens is 444 g/mol. The zero-order chi connectivity index (χ0) is 21.8. The molecule has 4 rings (SSSR count). The Morgan fingerprint density at radius 2 is 2.06 bits per heavy atom. The Morgan fingerprint density at radius 3 is 2.77 bits per heavy atom. The fraction of sp³-hybridized carbons (Fsp3) is 0.550. The van der Waals surface area contributed by atoms with Gasteiger partial charge in [-0.25, -0.2) is 18.1 Å². The minimum absolute atomic E-state index is 0.000350. The van der Waals surface area contributed by atoms with Gasteiger partial charge in [-0.3, -0.25) is 4.79 Å². The zero-order valence-corrected chi connectivity index (χ0v) is 18.5. The van der Waals surface area contributed by atoms with E-state index in [-0.39, 0.29) is 48.2 Å². The second-order valence-corrected chi connectivity index (χ2v) is 10.6. The number of halogens is 1. The van der Waals surface area contributed by atoms with Gasteiger partial charge >= 0.3 is 0 Å². The summed E-state index contributed by atoms with van der Waals surface area (Å²) in [6, 6.07) is 5.49. The molecule has 1 aliphatic heterocycles. The van der Waals surface area contributed by atoms with Crippen molar-refractivity contribution >= 4 is 27.1 Å². The van der Waals surface area contributed by atoms with E-state index in [9.17, 15) is 13.2 Å². The van der Waals surface area contributed by atoms with Crippen LogP contribution in [0.5, 0.6) is 5.88 Å². The minimum Gasteiger partial charge on any atom is -0.474 e. The monoisotopic (exact) mass is 468 g/mol. The lowest BCUT2D eigenvalue weighted by atomic mass is 9.93. The van der Waals surface area contributed by atoms with Gasteiger partial charge in [0, 0.05) is 18.8 Å². The molecule has 1 N–H and O–H groups in total. The molecule has 3 heterocycles. The molecule has 168 valence electrons. The van der Waals surface area contributed by atoms with Gasteiger partial charge in [0.25, 0.3) is 5.56 Å². The van der Waals surface area contributed by atoms with E-state index in [1.807, 2.05) is 18.2 Å². The molecule has 2 aromatic rings. The fourth-order valence-electron chi connectivity index (χ4n) is 3.89. The molecule has 1 aliphatic carbocycles. The highest BCUT2D eigenvalue weighted by molar-refractivity contribution is 7.92. The fourth-order valence-corrected chi connectivity index (χ4v) is 5.42. The topological polar surface area (TPSA) is 112 Å². The molecule has 2 aliphatic rings. The Morgan fingerprint density at radius 1 is 1.26 bits per heavy atom. The number of hydrogen-bond donors (Lipinski definition) is 1. The number of aromatic nitrogens is 3. The van der Waals surface area contributed by atoms with E-state index in [4.69, 9.17) is 21.1 Å². The van der Waals surface area contributed by atoms with Crippen molar-refractivity contribution in [3.63, 3.8) is 0 Å². The summed E-state index contributed by atoms with van der Waals surface area (Å²) in [5.41, 5.74) is -0.0561. The van der Waals surface area contributed by atoms with Crippen molar-refractivity contribution < 1.29 is 17.9 Å². The van der Waals surface area contributed by atoms with Crippen molar-refractivity contribution in [3.8, 4) is 5.88 Å². The summed E-state index contributed by atoms with van der Waals surface area (Å²) in [6.45, 7) is 0.455. The van der Waals surface area contributed by atoms with Crippen LogP contribution < -0.4 is 15.6 Å². The number of anilines is 1. The van der Waals surface area contributed by atoms with Gasteiger partial charge in [0.2, 0.25) is 5.88 Å². The molecule has 0 spiro atoms. The largest absolute Gasteiger partial charge is 0.474 e. The van der Waals surface area contributed by atoms with Crippen molar-refractivity contribution in [2.45, 2.75) is 43.1 Å². The van der Waals surface area contributed by atoms with Crippen molar-refractivity contribution in [1.82, 2.24) is 14.8 Å². The molecule has 0 unspecified atom stereocenters. The smallest absolute Gasteiger partial charge is 0.287 e. The third-order valence-corrected chi connectivity index (χ3v) is 8.12. The summed E-state index contributed by atoms with van der Waals surface area (Å²) in [4.78, 5) is 17.0. The normalized spacial score (nSPS) is 25.6. The molecule has 2 fully saturated rings. The molecule has 2 aromatic heterocycles. The highest BCUT2D eigenvalue weighted by atomic mass is 35.5. The Labute approximate surface area is 185 Å². The van der Waals surface area contributed by atoms with E-state index in [1.165, 1.54) is 10.9 Å². The first kappa shape index (κ1) is 22.0. The van der Waals surface area contributed by atoms with Crippen LogP contribution in [0.4, 0.5) is 5.69 Å². The molecule has 1 atom stereocenters. The average Bonchev–Trinajstić information content (AvgIpc) is 2.77. The summed E-state index contributed by atoms with van der Waals surface area (Å²) >= 11 is 6.29. The SMILES string of the molecule is O=c1c(Cl)c(NC[C@H]2COCCS2(=O)=O)cnn1C1CCC(Oc2ccccn2)CC1. The first-order valence-corrected chi connectivity index (χ1v) is 12.4. The van der Waals surface area contributed by atoms with Gasteiger partial charge in [-0.05, 0) is 31.7 Å². The van der Waals surface area contributed by atoms with E-state index in [2.05, 4.69) is 15.4 Å². The summed E-state index contributed by atoms with van der Waals surface area (Å²) in [5, 5.41) is 6.58. The number of rotatable bonds is 6. The van der Waals surface area contributed by atoms with Crippen LogP contribution >= 0.6 is 11.6 Å². The quantitative estimate of drug-likeness (QED) is 0.685. The standard InChI is InChI=1S/C20H25ClN4O5S/c21-19-17(23-11-16-13-29-9-10-31(16,27)28)12-24-25(20(19)26)14-4-6-15(7-5-14)30-18-3-1-2-8-22-18/h1-3,8,12,14-16,23H,4-7,9-11,13H2/t14?,15?,16-/m0/s1. The van der Waals surface area contributed by atoms with Crippen LogP contribution in [-0.4, -0.2) is 60.0 Å². The predicted molar refractivity (Wildman–Crippen MR) is 117 cm³/mol. The van der Waals surface area contributed by atoms with Gasteiger partial charge < -0.3 is 14.8 Å². The number of nitrogens with zero attached hydrogens (tertiary/aromatic N) is 3. The number of pyridine rings is 1. The third kappa shape index (κ3) is 5.19. The summed E-state index contributed by atoms with van der Waals surface area (Å²) < 4.78 is 36.8. The highest BCUT2D eigenvalue weighted by Gasteiger charge is 2.30. The Balaban J connectivity index is 1.37. The molecule has 1 saturated carbocycles. The molecule has 9 nitrogen and oxygen atoms in total. The number of ether oxygens (including phenoxy) is 2. The summed E-state index contributed by atoms with van der Waals surface area (Å²) in [6.07, 6.45) is 6.28. The van der Waals surface area contributed by atoms with Crippen LogP contribution in [0.25, 0.3) is 0 Å². The van der Waals surface area contributed by atoms with Crippen molar-refractivity contribution in [2.75, 3.05) is 30.8 Å². The highest BCUT2D eigenvalue weighted by Crippen LogP contribution is 2.30. The first-order chi connectivity index (χ1) is 14.9. The predicted octanol–water partition coefficient (Wildman–Crippen LogP) is 2.08. The number of nitrogens with one attached hydrogen (secondary N) is 1. The van der Waals surface area contributed by atoms with Crippen LogP contribution in [0.2, 0.25) is 5.02 Å². The molecule has 31 heavy (non-hydrogen) atoms. The summed E-state index contributed by atoms with van der Waals surface area (Å²) in [5.74, 6) is 0.602. The maximum absolute atomic E-state index is 12.8. The average molecular weight is 469 g/mol. The van der Waals surface area contributed by atoms with E-state index in [0.717, 1.165) is 25.7 Å². The van der Waals surface area contributed by atoms with Gasteiger partial charge in [0.1, 0.15) is 16.4 Å². The second kappa shape index (κ2) is 9.54. The molecular formula is C20H25ClN4O5S. The minimum atomic E-state index is -3.22. The number of hydrogen-bond acceptors (Lipinski definition) is 8. The maximum Gasteiger partial charge on any atom is 0.287 e. The molecule has 0 amide bonds. The molecule has 0 aromatic carbocycles. The van der Waals surface area contributed by atoms with Crippen LogP contribution in [0.3, 0.4) is 0 Å². The molecule has 0 bridgehead atoms. The van der Waals surface area contributed by atoms with Gasteiger partial charge in [0.05, 0.1) is 36.9 Å². The number of sulfone groups is 1. The maximum atomic E-state index is 12.8. The van der Waals surface area contributed by atoms with Crippen LogP contribution in [-0.2, 0) is 14.6 Å². The lowest BCUT2D eigenvalue weighted by Gasteiger charge is -2.29. The zero-order valence-electron chi connectivity index (χ0n) is 16.9. The molecule has 1 saturated heterocycles. The van der Waals surface area contributed by atoms with Crippen LogP contribution in [0.1, 0.15) is 31.7 Å². The molecule has 11 heteroatoms. The second-order valence-electron chi connectivity index (χ2n) is 7.78. The molecule has 0 radical (unpaired) electrons. The third-order valence-electron chi connectivity index (χ3n) is 5.70. The van der Waals surface area contributed by atoms with Gasteiger partial charge in [-0.1, -0.05) is 17.7 Å². The van der Waals surface area contributed by atoms with Crippen molar-refractivity contribution in [2.24, 2.45) is 0 Å². The van der Waals surface area contributed by atoms with Crippen molar-refractivity contribution in [3.05, 3.63) is 46.0 Å². The van der Waals surface area contributed by atoms with Gasteiger partial charge in [0.15, 0.2) is 9.84 Å². The first-order valence-electron chi connectivity index (χ1n) is 10.3. The van der Waals surface area contributed by atoms with Gasteiger partial charge in [-0.15, -0.1) is 0 Å². The van der Waals surface area contributed by atoms with E-state index >= 15 is 0 Å². The Kier molecular flexibility index (Phi) is 6.78. The van der Waals surface area contributed by atoms with E-state index in [0.29, 0.717) is 11.6 Å². The van der Waals surface area contributed by atoms with Crippen LogP contribution in [0.15, 0.2) is 35.4 Å². The van der Waals surface area contributed by atoms with Crippen molar-refractivity contribution in [1.29, 1.82) is 0 Å². The van der Waals surface area contributed by atoms with Crippen LogP contribution in [0, 0.1) is 0 Å². The summed E-state index contributed by atoms with van der Waals surface area (Å²) in [7, 11) is -3.22. The Bertz CT molecular complexity index is 1050. The Hall–Kier alpha value is -2.17. The van der Waals surface area contributed by atoms with Gasteiger partial charge in [-0.2, -0.15) is 5.10 Å².